The molecule has 1 fully saturated rings. The quantitative estimate of drug-likeness (QED) is 0.747. The number of aliphatic imine (C=N–C) groups is 1. The molecule has 0 N–H and O–H groups in total. The smallest absolute Gasteiger partial charge is 0.307 e. The van der Waals surface area contributed by atoms with Crippen LogP contribution in [0.3, 0.4) is 0 Å². The zero-order chi connectivity index (χ0) is 15.9. The minimum Gasteiger partial charge on any atom is -0.469 e. The van der Waals surface area contributed by atoms with Crippen LogP contribution in [-0.4, -0.2) is 54.6 Å². The lowest BCUT2D eigenvalue weighted by atomic mass is 10.2. The lowest BCUT2D eigenvalue weighted by Crippen LogP contribution is -2.35. The highest BCUT2D eigenvalue weighted by molar-refractivity contribution is 8.15. The molecule has 1 amide bonds. The molecule has 0 radical (unpaired) electrons. The second-order valence-electron chi connectivity index (χ2n) is 4.60. The van der Waals surface area contributed by atoms with Crippen molar-refractivity contribution >= 4 is 34.5 Å². The number of amides is 1. The number of hydrogen-bond acceptors (Lipinski definition) is 6. The normalized spacial score (nSPS) is 19.7. The van der Waals surface area contributed by atoms with Gasteiger partial charge < -0.3 is 9.47 Å². The minimum atomic E-state index is -0.494. The van der Waals surface area contributed by atoms with Gasteiger partial charge >= 0.3 is 5.97 Å². The number of carbonyl (C=O) groups is 2. The average molecular weight is 322 g/mol. The highest BCUT2D eigenvalue weighted by Crippen LogP contribution is 2.31. The Hall–Kier alpha value is -1.86. The Bertz CT molecular complexity index is 562. The lowest BCUT2D eigenvalue weighted by molar-refractivity contribution is -0.142. The van der Waals surface area contributed by atoms with Crippen molar-refractivity contribution in [2.24, 2.45) is 4.99 Å². The van der Waals surface area contributed by atoms with Gasteiger partial charge in [0.1, 0.15) is 5.25 Å². The van der Waals surface area contributed by atoms with Gasteiger partial charge in [0.25, 0.3) is 0 Å². The predicted molar refractivity (Wildman–Crippen MR) is 85.1 cm³/mol. The molecular weight excluding hydrogens is 304 g/mol. The van der Waals surface area contributed by atoms with Crippen molar-refractivity contribution in [2.45, 2.75) is 11.7 Å². The summed E-state index contributed by atoms with van der Waals surface area (Å²) in [5.74, 6) is -0.541. The van der Waals surface area contributed by atoms with Gasteiger partial charge in [-0.3, -0.25) is 14.5 Å². The van der Waals surface area contributed by atoms with E-state index in [1.54, 1.807) is 12.0 Å². The first-order valence-corrected chi connectivity index (χ1v) is 7.71. The van der Waals surface area contributed by atoms with Crippen molar-refractivity contribution in [1.82, 2.24) is 4.90 Å². The molecule has 1 saturated heterocycles. The van der Waals surface area contributed by atoms with Crippen LogP contribution in [0, 0.1) is 0 Å². The Kier molecular flexibility index (Phi) is 5.97. The molecule has 7 heteroatoms. The maximum absolute atomic E-state index is 12.4. The second-order valence-corrected chi connectivity index (χ2v) is 5.77. The number of methoxy groups -OCH3 is 2. The molecule has 1 heterocycles. The molecule has 0 aromatic heterocycles. The summed E-state index contributed by atoms with van der Waals surface area (Å²) in [5.41, 5.74) is 0.763. The van der Waals surface area contributed by atoms with Gasteiger partial charge in [-0.2, -0.15) is 0 Å². The molecule has 1 aliphatic heterocycles. The number of ether oxygens (including phenoxy) is 2. The van der Waals surface area contributed by atoms with Crippen LogP contribution in [0.15, 0.2) is 35.3 Å². The molecule has 22 heavy (non-hydrogen) atoms. The lowest BCUT2D eigenvalue weighted by Gasteiger charge is -2.15. The average Bonchev–Trinajstić information content (AvgIpc) is 2.81. The molecule has 0 aliphatic carbocycles. The summed E-state index contributed by atoms with van der Waals surface area (Å²) in [6.07, 6.45) is 0.0390. The van der Waals surface area contributed by atoms with Crippen LogP contribution in [0.1, 0.15) is 6.42 Å². The first kappa shape index (κ1) is 16.5. The third-order valence-electron chi connectivity index (χ3n) is 3.10. The van der Waals surface area contributed by atoms with Crippen molar-refractivity contribution in [1.29, 1.82) is 0 Å². The van der Waals surface area contributed by atoms with Gasteiger partial charge in [-0.15, -0.1) is 0 Å². The fraction of sp³-hybridized carbons (Fsp3) is 0.400. The molecule has 2 rings (SSSR count). The number of para-hydroxylation sites is 1. The van der Waals surface area contributed by atoms with Crippen molar-refractivity contribution in [3.63, 3.8) is 0 Å². The Labute approximate surface area is 133 Å². The fourth-order valence-corrected chi connectivity index (χ4v) is 3.13. The summed E-state index contributed by atoms with van der Waals surface area (Å²) in [5, 5.41) is 0.0916. The zero-order valence-electron chi connectivity index (χ0n) is 12.5. The Morgan fingerprint density at radius 2 is 2.05 bits per heavy atom. The SMILES string of the molecule is COCCN1C(=O)[C@@H](CC(=O)OC)SC1=Nc1ccccc1. The summed E-state index contributed by atoms with van der Waals surface area (Å²) < 4.78 is 9.68. The van der Waals surface area contributed by atoms with E-state index in [1.165, 1.54) is 18.9 Å². The van der Waals surface area contributed by atoms with Gasteiger partial charge in [-0.1, -0.05) is 30.0 Å². The zero-order valence-corrected chi connectivity index (χ0v) is 13.3. The van der Waals surface area contributed by atoms with E-state index in [0.717, 1.165) is 5.69 Å². The van der Waals surface area contributed by atoms with Crippen molar-refractivity contribution < 1.29 is 19.1 Å². The number of thioether (sulfide) groups is 1. The van der Waals surface area contributed by atoms with Gasteiger partial charge in [0.05, 0.1) is 32.4 Å². The highest BCUT2D eigenvalue weighted by Gasteiger charge is 2.39. The first-order valence-electron chi connectivity index (χ1n) is 6.83. The van der Waals surface area contributed by atoms with E-state index in [2.05, 4.69) is 9.73 Å². The highest BCUT2D eigenvalue weighted by atomic mass is 32.2. The van der Waals surface area contributed by atoms with Gasteiger partial charge in [0, 0.05) is 7.11 Å². The van der Waals surface area contributed by atoms with Crippen molar-refractivity contribution in [2.75, 3.05) is 27.4 Å². The molecule has 0 saturated carbocycles. The first-order chi connectivity index (χ1) is 10.7. The fourth-order valence-electron chi connectivity index (χ4n) is 1.96. The number of carbonyl (C=O) groups excluding carboxylic acids is 2. The Balaban J connectivity index is 2.20. The van der Waals surface area contributed by atoms with Crippen LogP contribution in [0.25, 0.3) is 0 Å². The van der Waals surface area contributed by atoms with E-state index in [9.17, 15) is 9.59 Å². The number of esters is 1. The maximum atomic E-state index is 12.4. The largest absolute Gasteiger partial charge is 0.469 e. The van der Waals surface area contributed by atoms with E-state index in [-0.39, 0.29) is 12.3 Å². The third-order valence-corrected chi connectivity index (χ3v) is 4.28. The van der Waals surface area contributed by atoms with E-state index < -0.39 is 11.2 Å². The van der Waals surface area contributed by atoms with Crippen molar-refractivity contribution in [3.05, 3.63) is 30.3 Å². The summed E-state index contributed by atoms with van der Waals surface area (Å²) in [6.45, 7) is 0.816. The van der Waals surface area contributed by atoms with Gasteiger partial charge in [-0.25, -0.2) is 4.99 Å². The van der Waals surface area contributed by atoms with Crippen LogP contribution >= 0.6 is 11.8 Å². The molecule has 1 atom stereocenters. The molecule has 6 nitrogen and oxygen atoms in total. The molecule has 1 aromatic rings. The summed E-state index contributed by atoms with van der Waals surface area (Å²) in [7, 11) is 2.89. The molecule has 0 unspecified atom stereocenters. The molecule has 118 valence electrons. The third kappa shape index (κ3) is 4.08. The van der Waals surface area contributed by atoms with E-state index in [0.29, 0.717) is 18.3 Å². The standard InChI is InChI=1S/C15H18N2O4S/c1-20-9-8-17-14(19)12(10-13(18)21-2)22-15(17)16-11-6-4-3-5-7-11/h3-7,12H,8-10H2,1-2H3/t12-/m1/s1. The van der Waals surface area contributed by atoms with E-state index in [4.69, 9.17) is 4.74 Å². The van der Waals surface area contributed by atoms with Gasteiger partial charge in [0.2, 0.25) is 5.91 Å². The van der Waals surface area contributed by atoms with Crippen molar-refractivity contribution in [3.8, 4) is 0 Å². The van der Waals surface area contributed by atoms with Crippen LogP contribution in [0.4, 0.5) is 5.69 Å². The molecular formula is C15H18N2O4S. The summed E-state index contributed by atoms with van der Waals surface area (Å²) >= 11 is 1.29. The maximum Gasteiger partial charge on any atom is 0.307 e. The Morgan fingerprint density at radius 3 is 2.68 bits per heavy atom. The van der Waals surface area contributed by atoms with Gasteiger partial charge in [-0.05, 0) is 12.1 Å². The Morgan fingerprint density at radius 1 is 1.32 bits per heavy atom. The van der Waals surface area contributed by atoms with Crippen LogP contribution < -0.4 is 0 Å². The minimum absolute atomic E-state index is 0.0390. The number of hydrogen-bond donors (Lipinski definition) is 0. The molecule has 0 spiro atoms. The van der Waals surface area contributed by atoms with Gasteiger partial charge in [0.15, 0.2) is 5.17 Å². The summed E-state index contributed by atoms with van der Waals surface area (Å²) in [6, 6.07) is 9.39. The topological polar surface area (TPSA) is 68.2 Å². The number of benzene rings is 1. The van der Waals surface area contributed by atoms with Crippen LogP contribution in [0.5, 0.6) is 0 Å². The predicted octanol–water partition coefficient (Wildman–Crippen LogP) is 1.83. The van der Waals surface area contributed by atoms with Crippen LogP contribution in [0.2, 0.25) is 0 Å². The number of rotatable bonds is 6. The van der Waals surface area contributed by atoms with E-state index in [1.807, 2.05) is 30.3 Å². The number of amidine groups is 1. The molecule has 1 aromatic carbocycles. The van der Waals surface area contributed by atoms with Crippen LogP contribution in [-0.2, 0) is 19.1 Å². The van der Waals surface area contributed by atoms with E-state index >= 15 is 0 Å². The monoisotopic (exact) mass is 322 g/mol. The molecule has 0 bridgehead atoms. The summed E-state index contributed by atoms with van der Waals surface area (Å²) in [4.78, 5) is 29.9. The second kappa shape index (κ2) is 7.95. The number of nitrogens with zero attached hydrogens (tertiary/aromatic N) is 2. The molecule has 1 aliphatic rings.